The lowest BCUT2D eigenvalue weighted by Crippen LogP contribution is -2.44. The van der Waals surface area contributed by atoms with Crippen LogP contribution in [0.2, 0.25) is 0 Å². The number of halogens is 1. The molecule has 9 nitrogen and oxygen atoms in total. The number of carbonyl (C=O) groups is 3. The lowest BCUT2D eigenvalue weighted by Gasteiger charge is -2.21. The van der Waals surface area contributed by atoms with Crippen molar-refractivity contribution in [2.24, 2.45) is 0 Å². The molecule has 2 aromatic carbocycles. The highest BCUT2D eigenvalue weighted by atomic mass is 19.1. The van der Waals surface area contributed by atoms with Crippen LogP contribution in [-0.2, 0) is 16.1 Å². The fourth-order valence-electron chi connectivity index (χ4n) is 2.99. The summed E-state index contributed by atoms with van der Waals surface area (Å²) in [6.07, 6.45) is 0. The van der Waals surface area contributed by atoms with Gasteiger partial charge in [-0.3, -0.25) is 14.4 Å². The average Bonchev–Trinajstić information content (AvgIpc) is 2.84. The molecule has 0 atom stereocenters. The first-order valence-electron chi connectivity index (χ1n) is 10.2. The molecular formula is C23H28FN3O6. The molecule has 0 aliphatic carbocycles. The highest BCUT2D eigenvalue weighted by molar-refractivity contribution is 5.98. The SMILES string of the molecule is CCN(CC(=O)NCc1ccc(F)cc1)C(=O)CNC(=O)c1cc(OC)c(OC)c(OC)c1. The predicted octanol–water partition coefficient (Wildman–Crippen LogP) is 1.75. The Labute approximate surface area is 191 Å². The van der Waals surface area contributed by atoms with E-state index < -0.39 is 11.8 Å². The lowest BCUT2D eigenvalue weighted by molar-refractivity contribution is -0.135. The minimum absolute atomic E-state index is 0.170. The topological polar surface area (TPSA) is 106 Å². The summed E-state index contributed by atoms with van der Waals surface area (Å²) in [7, 11) is 4.32. The fraction of sp³-hybridized carbons (Fsp3) is 0.348. The van der Waals surface area contributed by atoms with E-state index in [0.29, 0.717) is 17.2 Å². The van der Waals surface area contributed by atoms with E-state index >= 15 is 0 Å². The molecule has 10 heteroatoms. The molecule has 178 valence electrons. The number of nitrogens with zero attached hydrogens (tertiary/aromatic N) is 1. The van der Waals surface area contributed by atoms with Gasteiger partial charge in [0.15, 0.2) is 11.5 Å². The predicted molar refractivity (Wildman–Crippen MR) is 119 cm³/mol. The van der Waals surface area contributed by atoms with E-state index in [1.807, 2.05) is 0 Å². The third-order valence-electron chi connectivity index (χ3n) is 4.80. The van der Waals surface area contributed by atoms with Crippen LogP contribution in [0.1, 0.15) is 22.8 Å². The highest BCUT2D eigenvalue weighted by Crippen LogP contribution is 2.38. The second-order valence-electron chi connectivity index (χ2n) is 6.91. The van der Waals surface area contributed by atoms with Gasteiger partial charge in [0.2, 0.25) is 17.6 Å². The summed E-state index contributed by atoms with van der Waals surface area (Å²) in [6.45, 7) is 1.75. The van der Waals surface area contributed by atoms with Gasteiger partial charge in [0.05, 0.1) is 34.4 Å². The van der Waals surface area contributed by atoms with E-state index in [1.165, 1.54) is 50.5 Å². The molecule has 0 aliphatic rings. The first-order valence-corrected chi connectivity index (χ1v) is 10.2. The van der Waals surface area contributed by atoms with Crippen molar-refractivity contribution in [3.05, 3.63) is 53.3 Å². The zero-order valence-electron chi connectivity index (χ0n) is 19.1. The Bertz CT molecular complexity index is 956. The van der Waals surface area contributed by atoms with Crippen LogP contribution in [0.3, 0.4) is 0 Å². The molecular weight excluding hydrogens is 433 g/mol. The molecule has 0 aliphatic heterocycles. The smallest absolute Gasteiger partial charge is 0.251 e. The van der Waals surface area contributed by atoms with Crippen LogP contribution in [-0.4, -0.2) is 63.6 Å². The van der Waals surface area contributed by atoms with Crippen molar-refractivity contribution in [1.82, 2.24) is 15.5 Å². The summed E-state index contributed by atoms with van der Waals surface area (Å²) in [5.74, 6) is -0.708. The van der Waals surface area contributed by atoms with Crippen LogP contribution >= 0.6 is 0 Å². The second-order valence-corrected chi connectivity index (χ2v) is 6.91. The Balaban J connectivity index is 1.92. The maximum Gasteiger partial charge on any atom is 0.251 e. The largest absolute Gasteiger partial charge is 0.493 e. The van der Waals surface area contributed by atoms with Crippen molar-refractivity contribution in [2.45, 2.75) is 13.5 Å². The normalized spacial score (nSPS) is 10.2. The quantitative estimate of drug-likeness (QED) is 0.528. The van der Waals surface area contributed by atoms with Crippen LogP contribution in [0.15, 0.2) is 36.4 Å². The molecule has 0 aromatic heterocycles. The van der Waals surface area contributed by atoms with Gasteiger partial charge in [0, 0.05) is 18.7 Å². The first kappa shape index (κ1) is 25.4. The Morgan fingerprint density at radius 1 is 0.939 bits per heavy atom. The van der Waals surface area contributed by atoms with Crippen molar-refractivity contribution < 1.29 is 33.0 Å². The van der Waals surface area contributed by atoms with E-state index in [-0.39, 0.29) is 43.5 Å². The van der Waals surface area contributed by atoms with Crippen molar-refractivity contribution in [2.75, 3.05) is 41.0 Å². The van der Waals surface area contributed by atoms with Gasteiger partial charge in [-0.1, -0.05) is 12.1 Å². The average molecular weight is 461 g/mol. The number of hydrogen-bond donors (Lipinski definition) is 2. The molecule has 0 unspecified atom stereocenters. The summed E-state index contributed by atoms with van der Waals surface area (Å²) in [5.41, 5.74) is 0.953. The minimum atomic E-state index is -0.514. The van der Waals surface area contributed by atoms with Gasteiger partial charge in [-0.2, -0.15) is 0 Å². The maximum absolute atomic E-state index is 13.0. The Hall–Kier alpha value is -3.82. The molecule has 0 heterocycles. The number of likely N-dealkylation sites (N-methyl/N-ethyl adjacent to an activating group) is 1. The highest BCUT2D eigenvalue weighted by Gasteiger charge is 2.19. The molecule has 0 saturated heterocycles. The summed E-state index contributed by atoms with van der Waals surface area (Å²) in [4.78, 5) is 38.6. The van der Waals surface area contributed by atoms with E-state index in [4.69, 9.17) is 14.2 Å². The van der Waals surface area contributed by atoms with E-state index in [2.05, 4.69) is 10.6 Å². The summed E-state index contributed by atoms with van der Waals surface area (Å²) >= 11 is 0. The molecule has 2 aromatic rings. The maximum atomic E-state index is 13.0. The van der Waals surface area contributed by atoms with E-state index in [9.17, 15) is 18.8 Å². The molecule has 0 fully saturated rings. The first-order chi connectivity index (χ1) is 15.8. The van der Waals surface area contributed by atoms with Gasteiger partial charge < -0.3 is 29.7 Å². The van der Waals surface area contributed by atoms with Gasteiger partial charge in [-0.15, -0.1) is 0 Å². The number of benzene rings is 2. The Kier molecular flexibility index (Phi) is 9.46. The van der Waals surface area contributed by atoms with Crippen molar-refractivity contribution in [1.29, 1.82) is 0 Å². The van der Waals surface area contributed by atoms with Gasteiger partial charge in [-0.05, 0) is 36.8 Å². The summed E-state index contributed by atoms with van der Waals surface area (Å²) in [5, 5.41) is 5.22. The zero-order valence-corrected chi connectivity index (χ0v) is 19.1. The Morgan fingerprint density at radius 3 is 2.06 bits per heavy atom. The third-order valence-corrected chi connectivity index (χ3v) is 4.80. The zero-order chi connectivity index (χ0) is 24.4. The second kappa shape index (κ2) is 12.3. The lowest BCUT2D eigenvalue weighted by atomic mass is 10.1. The van der Waals surface area contributed by atoms with Crippen LogP contribution in [0, 0.1) is 5.82 Å². The van der Waals surface area contributed by atoms with E-state index in [0.717, 1.165) is 5.56 Å². The van der Waals surface area contributed by atoms with Crippen LogP contribution in [0.4, 0.5) is 4.39 Å². The number of ether oxygens (including phenoxy) is 3. The molecule has 2 N–H and O–H groups in total. The number of carbonyl (C=O) groups excluding carboxylic acids is 3. The summed E-state index contributed by atoms with van der Waals surface area (Å²) in [6, 6.07) is 8.69. The number of hydrogen-bond acceptors (Lipinski definition) is 6. The molecule has 3 amide bonds. The van der Waals surface area contributed by atoms with Gasteiger partial charge in [0.1, 0.15) is 5.82 Å². The monoisotopic (exact) mass is 461 g/mol. The fourth-order valence-corrected chi connectivity index (χ4v) is 2.99. The van der Waals surface area contributed by atoms with Gasteiger partial charge in [-0.25, -0.2) is 4.39 Å². The molecule has 2 rings (SSSR count). The molecule has 0 spiro atoms. The standard InChI is InChI=1S/C23H28FN3O6/c1-5-27(14-20(28)25-12-15-6-8-17(24)9-7-15)21(29)13-26-23(30)16-10-18(31-2)22(33-4)19(11-16)32-3/h6-11H,5,12-14H2,1-4H3,(H,25,28)(H,26,30). The van der Waals surface area contributed by atoms with E-state index in [1.54, 1.807) is 19.1 Å². The number of methoxy groups -OCH3 is 3. The van der Waals surface area contributed by atoms with Crippen molar-refractivity contribution in [3.63, 3.8) is 0 Å². The molecule has 0 bridgehead atoms. The minimum Gasteiger partial charge on any atom is -0.493 e. The van der Waals surface area contributed by atoms with Crippen LogP contribution < -0.4 is 24.8 Å². The van der Waals surface area contributed by atoms with Crippen molar-refractivity contribution >= 4 is 17.7 Å². The van der Waals surface area contributed by atoms with Gasteiger partial charge >= 0.3 is 0 Å². The number of nitrogens with one attached hydrogen (secondary N) is 2. The Morgan fingerprint density at radius 2 is 1.55 bits per heavy atom. The summed E-state index contributed by atoms with van der Waals surface area (Å²) < 4.78 is 28.7. The number of amides is 3. The molecule has 0 saturated carbocycles. The van der Waals surface area contributed by atoms with Crippen LogP contribution in [0.25, 0.3) is 0 Å². The van der Waals surface area contributed by atoms with Crippen LogP contribution in [0.5, 0.6) is 17.2 Å². The third kappa shape index (κ3) is 7.09. The molecule has 0 radical (unpaired) electrons. The van der Waals surface area contributed by atoms with Crippen molar-refractivity contribution in [3.8, 4) is 17.2 Å². The van der Waals surface area contributed by atoms with Gasteiger partial charge in [0.25, 0.3) is 5.91 Å². The number of rotatable bonds is 11. The molecule has 33 heavy (non-hydrogen) atoms.